The third-order valence-electron chi connectivity index (χ3n) is 6.17. The Morgan fingerprint density at radius 2 is 1.53 bits per heavy atom. The first-order valence-electron chi connectivity index (χ1n) is 10.7. The van der Waals surface area contributed by atoms with E-state index in [2.05, 4.69) is 36.6 Å². The molecule has 3 rings (SSSR count). The van der Waals surface area contributed by atoms with Gasteiger partial charge >= 0.3 is 0 Å². The molecule has 0 aliphatic rings. The smallest absolute Gasteiger partial charge is 0.0891 e. The number of aliphatic hydroxyl groups excluding tert-OH is 2. The Bertz CT molecular complexity index is 986. The summed E-state index contributed by atoms with van der Waals surface area (Å²) in [5.74, 6) is 0. The summed E-state index contributed by atoms with van der Waals surface area (Å²) < 4.78 is 0. The summed E-state index contributed by atoms with van der Waals surface area (Å²) in [7, 11) is 0. The van der Waals surface area contributed by atoms with Crippen molar-refractivity contribution < 1.29 is 15.3 Å². The Morgan fingerprint density at radius 1 is 0.833 bits per heavy atom. The van der Waals surface area contributed by atoms with E-state index in [0.29, 0.717) is 12.8 Å². The lowest BCUT2D eigenvalue weighted by atomic mass is 9.86. The molecule has 160 valence electrons. The van der Waals surface area contributed by atoms with E-state index >= 15 is 0 Å². The first kappa shape index (κ1) is 22.7. The molecule has 3 N–H and O–H groups in total. The van der Waals surface area contributed by atoms with Crippen molar-refractivity contribution in [1.29, 1.82) is 0 Å². The van der Waals surface area contributed by atoms with Gasteiger partial charge in [0, 0.05) is 4.88 Å². The predicted molar refractivity (Wildman–Crippen MR) is 125 cm³/mol. The van der Waals surface area contributed by atoms with E-state index in [9.17, 15) is 15.3 Å². The van der Waals surface area contributed by atoms with E-state index in [1.54, 1.807) is 11.3 Å². The van der Waals surface area contributed by atoms with Crippen molar-refractivity contribution >= 4 is 11.3 Å². The number of hydrogen-bond donors (Lipinski definition) is 3. The molecule has 0 fully saturated rings. The Labute approximate surface area is 183 Å². The van der Waals surface area contributed by atoms with Gasteiger partial charge in [-0.15, -0.1) is 11.3 Å². The maximum Gasteiger partial charge on any atom is 0.0891 e. The summed E-state index contributed by atoms with van der Waals surface area (Å²) in [4.78, 5) is 1.25. The zero-order chi connectivity index (χ0) is 21.7. The van der Waals surface area contributed by atoms with E-state index < -0.39 is 5.60 Å². The van der Waals surface area contributed by atoms with Crippen molar-refractivity contribution in [2.75, 3.05) is 0 Å². The second-order valence-corrected chi connectivity index (χ2v) is 8.92. The first-order valence-corrected chi connectivity index (χ1v) is 11.6. The molecule has 1 aromatic heterocycles. The molecule has 3 nitrogen and oxygen atoms in total. The second-order valence-electron chi connectivity index (χ2n) is 8.01. The molecule has 3 aromatic rings. The average Bonchev–Trinajstić information content (AvgIpc) is 3.25. The van der Waals surface area contributed by atoms with Crippen molar-refractivity contribution in [3.63, 3.8) is 0 Å². The summed E-state index contributed by atoms with van der Waals surface area (Å²) in [5.41, 5.74) is 6.72. The van der Waals surface area contributed by atoms with E-state index in [0.717, 1.165) is 29.5 Å². The van der Waals surface area contributed by atoms with E-state index in [1.807, 2.05) is 32.0 Å². The van der Waals surface area contributed by atoms with Gasteiger partial charge in [-0.1, -0.05) is 50.2 Å². The molecular formula is C26H32O3S. The molecule has 0 aliphatic heterocycles. The number of aliphatic hydroxyl groups is 3. The third-order valence-corrected chi connectivity index (χ3v) is 7.18. The van der Waals surface area contributed by atoms with Crippen LogP contribution in [0.4, 0.5) is 0 Å². The molecule has 0 saturated heterocycles. The van der Waals surface area contributed by atoms with Crippen LogP contribution in [0.15, 0.2) is 47.8 Å². The molecule has 1 heterocycles. The summed E-state index contributed by atoms with van der Waals surface area (Å²) in [5, 5.41) is 31.9. The Morgan fingerprint density at radius 3 is 2.17 bits per heavy atom. The summed E-state index contributed by atoms with van der Waals surface area (Å²) in [6.07, 6.45) is 3.25. The van der Waals surface area contributed by atoms with Crippen LogP contribution in [-0.2, 0) is 31.7 Å². The zero-order valence-corrected chi connectivity index (χ0v) is 18.9. The highest BCUT2D eigenvalue weighted by Gasteiger charge is 2.25. The fourth-order valence-corrected chi connectivity index (χ4v) is 5.00. The van der Waals surface area contributed by atoms with Crippen LogP contribution in [0.5, 0.6) is 0 Å². The number of thiophene rings is 1. The summed E-state index contributed by atoms with van der Waals surface area (Å²) >= 11 is 1.75. The Balaban J connectivity index is 1.74. The van der Waals surface area contributed by atoms with Crippen molar-refractivity contribution in [2.24, 2.45) is 0 Å². The van der Waals surface area contributed by atoms with Crippen LogP contribution in [0.3, 0.4) is 0 Å². The Hall–Kier alpha value is -1.98. The second kappa shape index (κ2) is 9.88. The predicted octanol–water partition coefficient (Wildman–Crippen LogP) is 5.50. The average molecular weight is 425 g/mol. The first-order chi connectivity index (χ1) is 14.4. The number of hydrogen-bond acceptors (Lipinski definition) is 4. The van der Waals surface area contributed by atoms with Crippen LogP contribution in [-0.4, -0.2) is 15.3 Å². The van der Waals surface area contributed by atoms with Crippen LogP contribution in [0.1, 0.15) is 60.1 Å². The highest BCUT2D eigenvalue weighted by atomic mass is 32.1. The van der Waals surface area contributed by atoms with Crippen molar-refractivity contribution in [3.8, 4) is 10.4 Å². The minimum Gasteiger partial charge on any atom is -0.392 e. The summed E-state index contributed by atoms with van der Waals surface area (Å²) in [6, 6.07) is 14.5. The molecule has 0 unspecified atom stereocenters. The molecule has 2 aromatic carbocycles. The van der Waals surface area contributed by atoms with Crippen LogP contribution in [0, 0.1) is 6.92 Å². The van der Waals surface area contributed by atoms with Crippen LogP contribution >= 0.6 is 11.3 Å². The fourth-order valence-electron chi connectivity index (χ4n) is 3.96. The van der Waals surface area contributed by atoms with Gasteiger partial charge in [0.25, 0.3) is 0 Å². The Kier molecular flexibility index (Phi) is 7.48. The van der Waals surface area contributed by atoms with Gasteiger partial charge in [-0.25, -0.2) is 0 Å². The topological polar surface area (TPSA) is 60.7 Å². The molecule has 4 heteroatoms. The maximum absolute atomic E-state index is 10.8. The molecule has 0 spiro atoms. The van der Waals surface area contributed by atoms with Crippen molar-refractivity contribution in [2.45, 2.75) is 65.3 Å². The largest absolute Gasteiger partial charge is 0.392 e. The zero-order valence-electron chi connectivity index (χ0n) is 18.1. The van der Waals surface area contributed by atoms with E-state index in [-0.39, 0.29) is 13.2 Å². The standard InChI is InChI=1S/C26H32O3S/c1-4-26(29,5-2)23-10-11-24(18(3)12-23)25-14-20(17-30-25)7-6-19-8-9-21(15-27)22(13-19)16-28/h8-14,17,27-29H,4-7,15-16H2,1-3H3. The van der Waals surface area contributed by atoms with Gasteiger partial charge < -0.3 is 15.3 Å². The van der Waals surface area contributed by atoms with Gasteiger partial charge in [-0.2, -0.15) is 0 Å². The fraction of sp³-hybridized carbons (Fsp3) is 0.385. The van der Waals surface area contributed by atoms with Gasteiger partial charge in [0.2, 0.25) is 0 Å². The summed E-state index contributed by atoms with van der Waals surface area (Å²) in [6.45, 7) is 6.07. The van der Waals surface area contributed by atoms with Gasteiger partial charge in [0.15, 0.2) is 0 Å². The van der Waals surface area contributed by atoms with Gasteiger partial charge in [0.05, 0.1) is 18.8 Å². The third kappa shape index (κ3) is 4.84. The normalized spacial score (nSPS) is 11.8. The molecule has 0 saturated carbocycles. The molecule has 0 atom stereocenters. The highest BCUT2D eigenvalue weighted by molar-refractivity contribution is 7.13. The lowest BCUT2D eigenvalue weighted by Crippen LogP contribution is -2.23. The van der Waals surface area contributed by atoms with Crippen LogP contribution < -0.4 is 0 Å². The number of benzene rings is 2. The van der Waals surface area contributed by atoms with Crippen LogP contribution in [0.2, 0.25) is 0 Å². The van der Waals surface area contributed by atoms with Crippen LogP contribution in [0.25, 0.3) is 10.4 Å². The van der Waals surface area contributed by atoms with E-state index in [1.165, 1.54) is 27.1 Å². The van der Waals surface area contributed by atoms with Crippen molar-refractivity contribution in [3.05, 3.63) is 81.2 Å². The van der Waals surface area contributed by atoms with Gasteiger partial charge in [0.1, 0.15) is 0 Å². The SMILES string of the molecule is CCC(O)(CC)c1ccc(-c2cc(CCc3ccc(CO)c(CO)c3)cs2)c(C)c1. The molecule has 0 amide bonds. The molecular weight excluding hydrogens is 392 g/mol. The minimum atomic E-state index is -0.747. The van der Waals surface area contributed by atoms with E-state index in [4.69, 9.17) is 0 Å². The highest BCUT2D eigenvalue weighted by Crippen LogP contribution is 2.35. The number of rotatable bonds is 9. The lowest BCUT2D eigenvalue weighted by Gasteiger charge is -2.26. The number of aryl methyl sites for hydroxylation is 3. The van der Waals surface area contributed by atoms with Gasteiger partial charge in [-0.3, -0.25) is 0 Å². The monoisotopic (exact) mass is 424 g/mol. The maximum atomic E-state index is 10.8. The molecule has 30 heavy (non-hydrogen) atoms. The molecule has 0 radical (unpaired) electrons. The lowest BCUT2D eigenvalue weighted by molar-refractivity contribution is 0.0283. The molecule has 0 aliphatic carbocycles. The van der Waals surface area contributed by atoms with Crippen molar-refractivity contribution in [1.82, 2.24) is 0 Å². The minimum absolute atomic E-state index is 0.0455. The van der Waals surface area contributed by atoms with Gasteiger partial charge in [-0.05, 0) is 83.0 Å². The quantitative estimate of drug-likeness (QED) is 0.425. The molecule has 0 bridgehead atoms.